The van der Waals surface area contributed by atoms with E-state index in [4.69, 9.17) is 4.74 Å². The van der Waals surface area contributed by atoms with E-state index in [-0.39, 0.29) is 24.8 Å². The van der Waals surface area contributed by atoms with Gasteiger partial charge in [0, 0.05) is 18.7 Å². The van der Waals surface area contributed by atoms with Crippen LogP contribution in [0.1, 0.15) is 18.9 Å². The topological polar surface area (TPSA) is 58.6 Å². The summed E-state index contributed by atoms with van der Waals surface area (Å²) < 4.78 is 5.41. The Balaban J connectivity index is 1.65. The molecular formula is C19H20N2O3. The maximum atomic E-state index is 12.3. The SMILES string of the molecule is CCc1ccccc1NC(=O)CCN1C(=O)COc2ccccc21. The van der Waals surface area contributed by atoms with Gasteiger partial charge in [0.15, 0.2) is 6.61 Å². The van der Waals surface area contributed by atoms with Crippen molar-refractivity contribution in [3.8, 4) is 5.75 Å². The van der Waals surface area contributed by atoms with Crippen LogP contribution in [-0.4, -0.2) is 25.0 Å². The standard InChI is InChI=1S/C19H20N2O3/c1-2-14-7-3-4-8-15(14)20-18(22)11-12-21-16-9-5-6-10-17(16)24-13-19(21)23/h3-10H,2,11-13H2,1H3,(H,20,22). The molecule has 0 bridgehead atoms. The molecule has 0 radical (unpaired) electrons. The predicted octanol–water partition coefficient (Wildman–Crippen LogP) is 3.00. The molecule has 1 heterocycles. The van der Waals surface area contributed by atoms with E-state index in [0.29, 0.717) is 12.3 Å². The van der Waals surface area contributed by atoms with Crippen LogP contribution in [0.25, 0.3) is 0 Å². The normalized spacial score (nSPS) is 13.2. The molecule has 5 nitrogen and oxygen atoms in total. The number of rotatable bonds is 5. The highest BCUT2D eigenvalue weighted by Gasteiger charge is 2.25. The number of ether oxygens (including phenoxy) is 1. The Morgan fingerprint density at radius 2 is 1.92 bits per heavy atom. The highest BCUT2D eigenvalue weighted by atomic mass is 16.5. The fourth-order valence-corrected chi connectivity index (χ4v) is 2.78. The van der Waals surface area contributed by atoms with Gasteiger partial charge in [-0.05, 0) is 30.2 Å². The lowest BCUT2D eigenvalue weighted by molar-refractivity contribution is -0.121. The number of amides is 2. The second-order valence-electron chi connectivity index (χ2n) is 5.61. The van der Waals surface area contributed by atoms with Gasteiger partial charge in [0.25, 0.3) is 5.91 Å². The third kappa shape index (κ3) is 3.40. The summed E-state index contributed by atoms with van der Waals surface area (Å²) in [7, 11) is 0. The highest BCUT2D eigenvalue weighted by Crippen LogP contribution is 2.31. The van der Waals surface area contributed by atoms with E-state index in [9.17, 15) is 9.59 Å². The van der Waals surface area contributed by atoms with E-state index in [1.54, 1.807) is 4.90 Å². The average molecular weight is 324 g/mol. The van der Waals surface area contributed by atoms with Crippen LogP contribution in [0.5, 0.6) is 5.75 Å². The molecule has 0 aliphatic carbocycles. The van der Waals surface area contributed by atoms with Crippen molar-refractivity contribution in [1.29, 1.82) is 0 Å². The number of hydrogen-bond donors (Lipinski definition) is 1. The third-order valence-corrected chi connectivity index (χ3v) is 4.04. The molecule has 3 rings (SSSR count). The first-order valence-electron chi connectivity index (χ1n) is 8.09. The largest absolute Gasteiger partial charge is 0.482 e. The van der Waals surface area contributed by atoms with Crippen LogP contribution >= 0.6 is 0 Å². The molecule has 0 aromatic heterocycles. The van der Waals surface area contributed by atoms with Gasteiger partial charge in [0.1, 0.15) is 5.75 Å². The average Bonchev–Trinajstić information content (AvgIpc) is 2.61. The summed E-state index contributed by atoms with van der Waals surface area (Å²) in [5.74, 6) is 0.442. The van der Waals surface area contributed by atoms with Crippen LogP contribution < -0.4 is 15.0 Å². The second kappa shape index (κ2) is 7.17. The van der Waals surface area contributed by atoms with Gasteiger partial charge in [0.2, 0.25) is 5.91 Å². The summed E-state index contributed by atoms with van der Waals surface area (Å²) in [4.78, 5) is 26.0. The van der Waals surface area contributed by atoms with Crippen molar-refractivity contribution in [3.05, 3.63) is 54.1 Å². The number of hydrogen-bond acceptors (Lipinski definition) is 3. The van der Waals surface area contributed by atoms with Crippen LogP contribution in [0.2, 0.25) is 0 Å². The summed E-state index contributed by atoms with van der Waals surface area (Å²) in [5.41, 5.74) is 2.65. The zero-order valence-electron chi connectivity index (χ0n) is 13.6. The van der Waals surface area contributed by atoms with E-state index >= 15 is 0 Å². The maximum Gasteiger partial charge on any atom is 0.265 e. The molecule has 124 valence electrons. The van der Waals surface area contributed by atoms with Crippen LogP contribution in [0.4, 0.5) is 11.4 Å². The van der Waals surface area contributed by atoms with Crippen molar-refractivity contribution in [1.82, 2.24) is 0 Å². The van der Waals surface area contributed by atoms with E-state index < -0.39 is 0 Å². The molecule has 0 fully saturated rings. The zero-order chi connectivity index (χ0) is 16.9. The Hall–Kier alpha value is -2.82. The van der Waals surface area contributed by atoms with Crippen LogP contribution in [-0.2, 0) is 16.0 Å². The smallest absolute Gasteiger partial charge is 0.265 e. The summed E-state index contributed by atoms with van der Waals surface area (Å²) in [6, 6.07) is 15.1. The maximum absolute atomic E-state index is 12.3. The molecule has 1 aliphatic rings. The molecule has 1 aliphatic heterocycles. The van der Waals surface area contributed by atoms with Crippen LogP contribution in [0.15, 0.2) is 48.5 Å². The Morgan fingerprint density at radius 3 is 2.75 bits per heavy atom. The molecule has 24 heavy (non-hydrogen) atoms. The molecule has 0 atom stereocenters. The molecule has 2 aromatic rings. The van der Waals surface area contributed by atoms with Crippen molar-refractivity contribution in [3.63, 3.8) is 0 Å². The number of aryl methyl sites for hydroxylation is 1. The molecule has 2 amide bonds. The Labute approximate surface area is 141 Å². The summed E-state index contributed by atoms with van der Waals surface area (Å²) >= 11 is 0. The van der Waals surface area contributed by atoms with Gasteiger partial charge in [-0.1, -0.05) is 37.3 Å². The van der Waals surface area contributed by atoms with Gasteiger partial charge in [0.05, 0.1) is 5.69 Å². The Kier molecular flexibility index (Phi) is 4.79. The van der Waals surface area contributed by atoms with Crippen molar-refractivity contribution in [2.45, 2.75) is 19.8 Å². The molecular weight excluding hydrogens is 304 g/mol. The van der Waals surface area contributed by atoms with E-state index in [2.05, 4.69) is 5.32 Å². The van der Waals surface area contributed by atoms with Gasteiger partial charge >= 0.3 is 0 Å². The lowest BCUT2D eigenvalue weighted by Crippen LogP contribution is -2.40. The molecule has 0 spiro atoms. The fourth-order valence-electron chi connectivity index (χ4n) is 2.78. The van der Waals surface area contributed by atoms with E-state index in [1.165, 1.54) is 0 Å². The number of nitrogens with one attached hydrogen (secondary N) is 1. The molecule has 0 saturated carbocycles. The lowest BCUT2D eigenvalue weighted by Gasteiger charge is -2.29. The van der Waals surface area contributed by atoms with Crippen molar-refractivity contribution < 1.29 is 14.3 Å². The monoisotopic (exact) mass is 324 g/mol. The number of benzene rings is 2. The van der Waals surface area contributed by atoms with Gasteiger partial charge in [-0.25, -0.2) is 0 Å². The number of carbonyl (C=O) groups is 2. The minimum atomic E-state index is -0.129. The van der Waals surface area contributed by atoms with Crippen LogP contribution in [0.3, 0.4) is 0 Å². The van der Waals surface area contributed by atoms with Gasteiger partial charge < -0.3 is 15.0 Å². The number of carbonyl (C=O) groups excluding carboxylic acids is 2. The number of fused-ring (bicyclic) bond motifs is 1. The Morgan fingerprint density at radius 1 is 1.17 bits per heavy atom. The molecule has 0 saturated heterocycles. The zero-order valence-corrected chi connectivity index (χ0v) is 13.6. The van der Waals surface area contributed by atoms with Crippen LogP contribution in [0, 0.1) is 0 Å². The third-order valence-electron chi connectivity index (χ3n) is 4.04. The lowest BCUT2D eigenvalue weighted by atomic mass is 10.1. The molecule has 0 unspecified atom stereocenters. The summed E-state index contributed by atoms with van der Waals surface area (Å²) in [5, 5.41) is 2.93. The quantitative estimate of drug-likeness (QED) is 0.920. The number of para-hydroxylation sites is 3. The number of nitrogens with zero attached hydrogens (tertiary/aromatic N) is 1. The minimum Gasteiger partial charge on any atom is -0.482 e. The van der Waals surface area contributed by atoms with Gasteiger partial charge in [-0.3, -0.25) is 9.59 Å². The first-order chi connectivity index (χ1) is 11.7. The van der Waals surface area contributed by atoms with Crippen molar-refractivity contribution in [2.24, 2.45) is 0 Å². The van der Waals surface area contributed by atoms with E-state index in [1.807, 2.05) is 55.5 Å². The predicted molar refractivity (Wildman–Crippen MR) is 93.4 cm³/mol. The molecule has 2 aromatic carbocycles. The fraction of sp³-hybridized carbons (Fsp3) is 0.263. The van der Waals surface area contributed by atoms with E-state index in [0.717, 1.165) is 23.4 Å². The number of anilines is 2. The second-order valence-corrected chi connectivity index (χ2v) is 5.61. The highest BCUT2D eigenvalue weighted by molar-refractivity contribution is 5.99. The van der Waals surface area contributed by atoms with Crippen molar-refractivity contribution >= 4 is 23.2 Å². The Bertz CT molecular complexity index is 758. The van der Waals surface area contributed by atoms with Crippen molar-refractivity contribution in [2.75, 3.05) is 23.4 Å². The molecule has 5 heteroatoms. The first-order valence-corrected chi connectivity index (χ1v) is 8.09. The molecule has 1 N–H and O–H groups in total. The van der Waals surface area contributed by atoms with Gasteiger partial charge in [-0.15, -0.1) is 0 Å². The first kappa shape index (κ1) is 16.1. The minimum absolute atomic E-state index is 0.0112. The summed E-state index contributed by atoms with van der Waals surface area (Å²) in [6.45, 7) is 2.39. The summed E-state index contributed by atoms with van der Waals surface area (Å²) in [6.07, 6.45) is 1.09. The van der Waals surface area contributed by atoms with Gasteiger partial charge in [-0.2, -0.15) is 0 Å².